The Morgan fingerprint density at radius 1 is 1.07 bits per heavy atom. The maximum Gasteiger partial charge on any atom is 0.265 e. The molecule has 1 heterocycles. The molecular formula is C20H17BrN2O4S. The minimum atomic E-state index is -0.601. The van der Waals surface area contributed by atoms with Gasteiger partial charge in [0.15, 0.2) is 18.1 Å². The molecule has 0 radical (unpaired) electrons. The van der Waals surface area contributed by atoms with Gasteiger partial charge >= 0.3 is 0 Å². The number of methoxy groups -OCH3 is 1. The zero-order valence-electron chi connectivity index (χ0n) is 14.9. The molecule has 0 aliphatic carbocycles. The Kier molecular flexibility index (Phi) is 6.33. The van der Waals surface area contributed by atoms with Gasteiger partial charge in [-0.15, -0.1) is 11.3 Å². The van der Waals surface area contributed by atoms with Gasteiger partial charge in [-0.2, -0.15) is 0 Å². The van der Waals surface area contributed by atoms with Crippen molar-refractivity contribution in [3.05, 3.63) is 63.9 Å². The van der Waals surface area contributed by atoms with Crippen molar-refractivity contribution in [2.24, 2.45) is 5.73 Å². The summed E-state index contributed by atoms with van der Waals surface area (Å²) >= 11 is 4.81. The SMILES string of the molecule is COc1ccc(NC(=O)c2ccc(-c3ccc(Br)cc3)s2)cc1OCC(N)=O. The van der Waals surface area contributed by atoms with Crippen molar-refractivity contribution < 1.29 is 19.1 Å². The average molecular weight is 461 g/mol. The molecule has 8 heteroatoms. The van der Waals surface area contributed by atoms with Crippen LogP contribution in [-0.4, -0.2) is 25.5 Å². The largest absolute Gasteiger partial charge is 0.493 e. The van der Waals surface area contributed by atoms with Gasteiger partial charge in [-0.3, -0.25) is 9.59 Å². The first-order valence-electron chi connectivity index (χ1n) is 8.22. The third-order valence-electron chi connectivity index (χ3n) is 3.75. The number of amides is 2. The number of benzene rings is 2. The maximum atomic E-state index is 12.6. The fourth-order valence-corrected chi connectivity index (χ4v) is 3.61. The molecule has 1 aromatic heterocycles. The third kappa shape index (κ3) is 4.90. The summed E-state index contributed by atoms with van der Waals surface area (Å²) in [5.41, 5.74) is 6.67. The zero-order valence-corrected chi connectivity index (χ0v) is 17.3. The number of halogens is 1. The Hall–Kier alpha value is -2.84. The van der Waals surface area contributed by atoms with Crippen LogP contribution in [0.3, 0.4) is 0 Å². The Balaban J connectivity index is 1.75. The molecule has 28 heavy (non-hydrogen) atoms. The smallest absolute Gasteiger partial charge is 0.265 e. The van der Waals surface area contributed by atoms with Crippen molar-refractivity contribution in [3.8, 4) is 21.9 Å². The first-order valence-corrected chi connectivity index (χ1v) is 9.83. The van der Waals surface area contributed by atoms with Crippen molar-refractivity contribution in [3.63, 3.8) is 0 Å². The van der Waals surface area contributed by atoms with Crippen LogP contribution in [0.4, 0.5) is 5.69 Å². The Morgan fingerprint density at radius 2 is 1.82 bits per heavy atom. The van der Waals surface area contributed by atoms with Crippen LogP contribution >= 0.6 is 27.3 Å². The molecular weight excluding hydrogens is 444 g/mol. The summed E-state index contributed by atoms with van der Waals surface area (Å²) in [7, 11) is 1.49. The Bertz CT molecular complexity index is 1000. The summed E-state index contributed by atoms with van der Waals surface area (Å²) in [6.07, 6.45) is 0. The number of thiophene rings is 1. The average Bonchev–Trinajstić information content (AvgIpc) is 3.17. The summed E-state index contributed by atoms with van der Waals surface area (Å²) < 4.78 is 11.5. The molecule has 0 unspecified atom stereocenters. The lowest BCUT2D eigenvalue weighted by Gasteiger charge is -2.11. The van der Waals surface area contributed by atoms with Crippen molar-refractivity contribution in [2.45, 2.75) is 0 Å². The fourth-order valence-electron chi connectivity index (χ4n) is 2.44. The van der Waals surface area contributed by atoms with E-state index in [1.54, 1.807) is 24.3 Å². The molecule has 3 aromatic rings. The predicted molar refractivity (Wildman–Crippen MR) is 113 cm³/mol. The van der Waals surface area contributed by atoms with Gasteiger partial charge in [-0.05, 0) is 42.0 Å². The highest BCUT2D eigenvalue weighted by atomic mass is 79.9. The van der Waals surface area contributed by atoms with Gasteiger partial charge in [0.05, 0.1) is 12.0 Å². The van der Waals surface area contributed by atoms with Crippen LogP contribution in [0, 0.1) is 0 Å². The zero-order chi connectivity index (χ0) is 20.1. The van der Waals surface area contributed by atoms with Gasteiger partial charge in [0.2, 0.25) is 0 Å². The van der Waals surface area contributed by atoms with E-state index in [9.17, 15) is 9.59 Å². The van der Waals surface area contributed by atoms with E-state index in [2.05, 4.69) is 21.2 Å². The second-order valence-corrected chi connectivity index (χ2v) is 7.74. The van der Waals surface area contributed by atoms with Gasteiger partial charge in [0, 0.05) is 21.1 Å². The highest BCUT2D eigenvalue weighted by molar-refractivity contribution is 9.10. The van der Waals surface area contributed by atoms with E-state index >= 15 is 0 Å². The monoisotopic (exact) mass is 460 g/mol. The number of nitrogens with two attached hydrogens (primary N) is 1. The van der Waals surface area contributed by atoms with E-state index in [1.165, 1.54) is 18.4 Å². The number of carbonyl (C=O) groups excluding carboxylic acids is 2. The van der Waals surface area contributed by atoms with E-state index in [1.807, 2.05) is 30.3 Å². The molecule has 3 rings (SSSR count). The lowest BCUT2D eigenvalue weighted by atomic mass is 10.2. The Morgan fingerprint density at radius 3 is 2.50 bits per heavy atom. The maximum absolute atomic E-state index is 12.6. The van der Waals surface area contributed by atoms with Crippen molar-refractivity contribution in [2.75, 3.05) is 19.0 Å². The van der Waals surface area contributed by atoms with Gasteiger partial charge in [0.1, 0.15) is 0 Å². The first kappa shape index (κ1) is 19.9. The standard InChI is InChI=1S/C20H17BrN2O4S/c1-26-15-7-6-14(10-16(15)27-11-19(22)24)23-20(25)18-9-8-17(28-18)12-2-4-13(21)5-3-12/h2-10H,11H2,1H3,(H2,22,24)(H,23,25). The van der Waals surface area contributed by atoms with E-state index in [-0.39, 0.29) is 12.5 Å². The summed E-state index contributed by atoms with van der Waals surface area (Å²) in [4.78, 5) is 25.1. The van der Waals surface area contributed by atoms with Gasteiger partial charge < -0.3 is 20.5 Å². The highest BCUT2D eigenvalue weighted by Gasteiger charge is 2.13. The number of carbonyl (C=O) groups is 2. The number of nitrogens with one attached hydrogen (secondary N) is 1. The summed E-state index contributed by atoms with van der Waals surface area (Å²) in [6.45, 7) is -0.283. The molecule has 3 N–H and O–H groups in total. The lowest BCUT2D eigenvalue weighted by molar-refractivity contribution is -0.119. The molecule has 0 aliphatic heterocycles. The van der Waals surface area contributed by atoms with Crippen LogP contribution in [0.1, 0.15) is 9.67 Å². The lowest BCUT2D eigenvalue weighted by Crippen LogP contribution is -2.20. The molecule has 0 spiro atoms. The van der Waals surface area contributed by atoms with Crippen LogP contribution in [0.2, 0.25) is 0 Å². The number of hydrogen-bond donors (Lipinski definition) is 2. The van der Waals surface area contributed by atoms with E-state index in [4.69, 9.17) is 15.2 Å². The van der Waals surface area contributed by atoms with E-state index < -0.39 is 5.91 Å². The number of ether oxygens (including phenoxy) is 2. The van der Waals surface area contributed by atoms with E-state index in [0.29, 0.717) is 22.1 Å². The van der Waals surface area contributed by atoms with Gasteiger partial charge in [-0.1, -0.05) is 28.1 Å². The summed E-state index contributed by atoms with van der Waals surface area (Å²) in [6, 6.07) is 16.5. The summed E-state index contributed by atoms with van der Waals surface area (Å²) in [5.74, 6) is -0.0799. The molecule has 0 saturated heterocycles. The molecule has 2 amide bonds. The normalized spacial score (nSPS) is 10.4. The van der Waals surface area contributed by atoms with Crippen LogP contribution in [0.25, 0.3) is 10.4 Å². The second kappa shape index (κ2) is 8.90. The van der Waals surface area contributed by atoms with Crippen LogP contribution in [-0.2, 0) is 4.79 Å². The van der Waals surface area contributed by atoms with Gasteiger partial charge in [-0.25, -0.2) is 0 Å². The molecule has 0 atom stereocenters. The molecule has 0 fully saturated rings. The molecule has 6 nitrogen and oxygen atoms in total. The molecule has 0 aliphatic rings. The number of anilines is 1. The third-order valence-corrected chi connectivity index (χ3v) is 5.41. The molecule has 144 valence electrons. The van der Waals surface area contributed by atoms with Crippen LogP contribution in [0.15, 0.2) is 59.1 Å². The molecule has 0 bridgehead atoms. The Labute approximate surface area is 174 Å². The predicted octanol–water partition coefficient (Wildman–Crippen LogP) is 4.30. The number of primary amides is 1. The van der Waals surface area contributed by atoms with E-state index in [0.717, 1.165) is 14.9 Å². The highest BCUT2D eigenvalue weighted by Crippen LogP contribution is 2.32. The first-order chi connectivity index (χ1) is 13.5. The summed E-state index contributed by atoms with van der Waals surface area (Å²) in [5, 5.41) is 2.82. The van der Waals surface area contributed by atoms with Crippen molar-refractivity contribution in [1.82, 2.24) is 0 Å². The second-order valence-electron chi connectivity index (χ2n) is 5.75. The minimum absolute atomic E-state index is 0.237. The number of rotatable bonds is 7. The number of hydrogen-bond acceptors (Lipinski definition) is 5. The molecule has 0 saturated carbocycles. The van der Waals surface area contributed by atoms with Gasteiger partial charge in [0.25, 0.3) is 11.8 Å². The van der Waals surface area contributed by atoms with Crippen molar-refractivity contribution in [1.29, 1.82) is 0 Å². The quantitative estimate of drug-likeness (QED) is 0.549. The van der Waals surface area contributed by atoms with Crippen LogP contribution < -0.4 is 20.5 Å². The van der Waals surface area contributed by atoms with Crippen LogP contribution in [0.5, 0.6) is 11.5 Å². The molecule has 2 aromatic carbocycles. The topological polar surface area (TPSA) is 90.7 Å². The fraction of sp³-hybridized carbons (Fsp3) is 0.100. The minimum Gasteiger partial charge on any atom is -0.493 e. The van der Waals surface area contributed by atoms with Crippen molar-refractivity contribution >= 4 is 44.8 Å².